The van der Waals surface area contributed by atoms with Gasteiger partial charge in [-0.15, -0.1) is 12.4 Å². The first-order valence-corrected chi connectivity index (χ1v) is 4.53. The molecule has 0 aliphatic carbocycles. The first-order valence-electron chi connectivity index (χ1n) is 4.15. The van der Waals surface area contributed by atoms with E-state index in [9.17, 15) is 0 Å². The Bertz CT molecular complexity index is 257. The zero-order chi connectivity index (χ0) is 9.68. The molecule has 0 aliphatic heterocycles. The number of nitrogens with zero attached hydrogens (tertiary/aromatic N) is 3. The molecule has 0 radical (unpaired) electrons. The van der Waals surface area contributed by atoms with Gasteiger partial charge in [0.25, 0.3) is 0 Å². The minimum Gasteiger partial charge on any atom is -0.354 e. The summed E-state index contributed by atoms with van der Waals surface area (Å²) in [5.41, 5.74) is 0. The van der Waals surface area contributed by atoms with Gasteiger partial charge in [-0.25, -0.2) is 0 Å². The monoisotopic (exact) mass is 237 g/mol. The fourth-order valence-electron chi connectivity index (χ4n) is 0.824. The Morgan fingerprint density at radius 3 is 1.79 bits per heavy atom. The van der Waals surface area contributed by atoms with Crippen LogP contribution in [0.15, 0.2) is 0 Å². The lowest BCUT2D eigenvalue weighted by molar-refractivity contribution is 0.999. The molecule has 0 saturated heterocycles. The van der Waals surface area contributed by atoms with Gasteiger partial charge in [-0.1, -0.05) is 0 Å². The molecule has 7 heteroatoms. The molecular formula is C7H13Cl2N5. The van der Waals surface area contributed by atoms with Crippen molar-refractivity contribution in [3.05, 3.63) is 5.28 Å². The molecule has 80 valence electrons. The van der Waals surface area contributed by atoms with Crippen molar-refractivity contribution in [1.29, 1.82) is 0 Å². The van der Waals surface area contributed by atoms with Crippen molar-refractivity contribution in [1.82, 2.24) is 15.0 Å². The van der Waals surface area contributed by atoms with Crippen molar-refractivity contribution in [2.45, 2.75) is 13.8 Å². The largest absolute Gasteiger partial charge is 0.354 e. The van der Waals surface area contributed by atoms with Gasteiger partial charge < -0.3 is 10.6 Å². The third-order valence-corrected chi connectivity index (χ3v) is 1.45. The first-order chi connectivity index (χ1) is 6.26. The summed E-state index contributed by atoms with van der Waals surface area (Å²) in [6, 6.07) is 0. The lowest BCUT2D eigenvalue weighted by Crippen LogP contribution is -2.08. The van der Waals surface area contributed by atoms with Crippen molar-refractivity contribution in [3.8, 4) is 0 Å². The normalized spacial score (nSPS) is 9.07. The number of nitrogens with one attached hydrogen (secondary N) is 2. The van der Waals surface area contributed by atoms with E-state index in [1.807, 2.05) is 13.8 Å². The number of anilines is 2. The Kier molecular flexibility index (Phi) is 6.23. The van der Waals surface area contributed by atoms with Gasteiger partial charge in [0.2, 0.25) is 17.2 Å². The molecule has 2 N–H and O–H groups in total. The lowest BCUT2D eigenvalue weighted by Gasteiger charge is -2.04. The number of aromatic nitrogens is 3. The molecule has 1 aromatic rings. The van der Waals surface area contributed by atoms with E-state index >= 15 is 0 Å². The van der Waals surface area contributed by atoms with Crippen LogP contribution >= 0.6 is 24.0 Å². The Morgan fingerprint density at radius 1 is 1.00 bits per heavy atom. The van der Waals surface area contributed by atoms with E-state index in [1.54, 1.807) is 0 Å². The summed E-state index contributed by atoms with van der Waals surface area (Å²) in [4.78, 5) is 11.9. The Labute approximate surface area is 94.1 Å². The molecule has 0 saturated carbocycles. The Morgan fingerprint density at radius 2 is 1.43 bits per heavy atom. The Balaban J connectivity index is 0.00000169. The van der Waals surface area contributed by atoms with Crippen molar-refractivity contribution in [2.24, 2.45) is 0 Å². The van der Waals surface area contributed by atoms with Gasteiger partial charge in [0.15, 0.2) is 0 Å². The Hall–Kier alpha value is -0.810. The standard InChI is InChI=1S/C7H12ClN5.ClH/c1-3-9-6-11-5(8)12-7(13-6)10-4-2;/h3-4H2,1-2H3,(H2,9,10,11,12,13);1H. The predicted octanol–water partition coefficient (Wildman–Crippen LogP) is 1.81. The molecule has 0 atom stereocenters. The highest BCUT2D eigenvalue weighted by Gasteiger charge is 2.01. The van der Waals surface area contributed by atoms with Crippen LogP contribution in [-0.4, -0.2) is 28.0 Å². The smallest absolute Gasteiger partial charge is 0.228 e. The summed E-state index contributed by atoms with van der Waals surface area (Å²) in [5.74, 6) is 0.997. The summed E-state index contributed by atoms with van der Waals surface area (Å²) < 4.78 is 0. The highest BCUT2D eigenvalue weighted by atomic mass is 35.5. The number of halogens is 2. The van der Waals surface area contributed by atoms with Crippen LogP contribution in [0.2, 0.25) is 5.28 Å². The van der Waals surface area contributed by atoms with E-state index in [0.717, 1.165) is 13.1 Å². The van der Waals surface area contributed by atoms with E-state index in [2.05, 4.69) is 25.6 Å². The van der Waals surface area contributed by atoms with Crippen LogP contribution in [0.4, 0.5) is 11.9 Å². The van der Waals surface area contributed by atoms with Crippen LogP contribution in [0.3, 0.4) is 0 Å². The van der Waals surface area contributed by atoms with Crippen LogP contribution in [-0.2, 0) is 0 Å². The van der Waals surface area contributed by atoms with Crippen LogP contribution in [0.25, 0.3) is 0 Å². The fraction of sp³-hybridized carbons (Fsp3) is 0.571. The van der Waals surface area contributed by atoms with Gasteiger partial charge in [0, 0.05) is 13.1 Å². The van der Waals surface area contributed by atoms with E-state index in [-0.39, 0.29) is 17.7 Å². The molecule has 0 amide bonds. The zero-order valence-corrected chi connectivity index (χ0v) is 9.61. The van der Waals surface area contributed by atoms with Gasteiger partial charge in [-0.3, -0.25) is 0 Å². The molecular weight excluding hydrogens is 225 g/mol. The second kappa shape index (κ2) is 6.62. The average Bonchev–Trinajstić information content (AvgIpc) is 2.04. The topological polar surface area (TPSA) is 62.7 Å². The number of hydrogen-bond acceptors (Lipinski definition) is 5. The van der Waals surface area contributed by atoms with Crippen LogP contribution in [0, 0.1) is 0 Å². The van der Waals surface area contributed by atoms with Crippen molar-refractivity contribution in [3.63, 3.8) is 0 Å². The van der Waals surface area contributed by atoms with Gasteiger partial charge in [-0.05, 0) is 25.4 Å². The molecule has 1 heterocycles. The second-order valence-electron chi connectivity index (χ2n) is 2.31. The highest BCUT2D eigenvalue weighted by Crippen LogP contribution is 2.08. The van der Waals surface area contributed by atoms with E-state index in [0.29, 0.717) is 11.9 Å². The van der Waals surface area contributed by atoms with Crippen molar-refractivity contribution >= 4 is 35.9 Å². The van der Waals surface area contributed by atoms with E-state index in [1.165, 1.54) is 0 Å². The molecule has 0 bridgehead atoms. The van der Waals surface area contributed by atoms with E-state index < -0.39 is 0 Å². The molecule has 14 heavy (non-hydrogen) atoms. The maximum absolute atomic E-state index is 5.68. The molecule has 0 unspecified atom stereocenters. The lowest BCUT2D eigenvalue weighted by atomic mass is 10.7. The van der Waals surface area contributed by atoms with E-state index in [4.69, 9.17) is 11.6 Å². The van der Waals surface area contributed by atoms with Crippen LogP contribution in [0.1, 0.15) is 13.8 Å². The van der Waals surface area contributed by atoms with Crippen LogP contribution < -0.4 is 10.6 Å². The number of hydrogen-bond donors (Lipinski definition) is 2. The molecule has 0 aliphatic rings. The number of rotatable bonds is 4. The molecule has 0 spiro atoms. The summed E-state index contributed by atoms with van der Waals surface area (Å²) in [7, 11) is 0. The fourth-order valence-corrected chi connectivity index (χ4v) is 0.985. The molecule has 1 aromatic heterocycles. The van der Waals surface area contributed by atoms with Gasteiger partial charge in [0.1, 0.15) is 0 Å². The molecule has 0 fully saturated rings. The van der Waals surface area contributed by atoms with Crippen molar-refractivity contribution < 1.29 is 0 Å². The zero-order valence-electron chi connectivity index (χ0n) is 8.04. The van der Waals surface area contributed by atoms with Gasteiger partial charge in [0.05, 0.1) is 0 Å². The molecule has 0 aromatic carbocycles. The van der Waals surface area contributed by atoms with Gasteiger partial charge >= 0.3 is 0 Å². The average molecular weight is 238 g/mol. The first kappa shape index (κ1) is 13.2. The maximum atomic E-state index is 5.68. The minimum atomic E-state index is 0. The van der Waals surface area contributed by atoms with Crippen LogP contribution in [0.5, 0.6) is 0 Å². The summed E-state index contributed by atoms with van der Waals surface area (Å²) in [6.07, 6.45) is 0. The molecule has 5 nitrogen and oxygen atoms in total. The third kappa shape index (κ3) is 3.93. The predicted molar refractivity (Wildman–Crippen MR) is 60.4 cm³/mol. The van der Waals surface area contributed by atoms with Gasteiger partial charge in [-0.2, -0.15) is 15.0 Å². The third-order valence-electron chi connectivity index (χ3n) is 1.28. The summed E-state index contributed by atoms with van der Waals surface area (Å²) in [5, 5.41) is 6.12. The maximum Gasteiger partial charge on any atom is 0.228 e. The summed E-state index contributed by atoms with van der Waals surface area (Å²) >= 11 is 5.68. The summed E-state index contributed by atoms with van der Waals surface area (Å²) in [6.45, 7) is 5.44. The second-order valence-corrected chi connectivity index (χ2v) is 2.65. The molecule has 1 rings (SSSR count). The minimum absolute atomic E-state index is 0. The quantitative estimate of drug-likeness (QED) is 0.837. The SMILES string of the molecule is CCNc1nc(Cl)nc(NCC)n1.Cl. The highest BCUT2D eigenvalue weighted by molar-refractivity contribution is 6.28. The van der Waals surface area contributed by atoms with Crippen molar-refractivity contribution in [2.75, 3.05) is 23.7 Å².